The molecule has 4 bridgehead atoms. The average molecular weight is 353 g/mol. The highest BCUT2D eigenvalue weighted by Crippen LogP contribution is 2.61. The lowest BCUT2D eigenvalue weighted by Crippen LogP contribution is -2.56. The molecule has 4 aliphatic carbocycles. The molecule has 0 spiro atoms. The fourth-order valence-electron chi connectivity index (χ4n) is 5.55. The SMILES string of the molecule is CC(NC(=O)CSc1nnc(N)s1)C12CC3CC(CC(C3)C1)C2. The van der Waals surface area contributed by atoms with Crippen LogP contribution in [0.3, 0.4) is 0 Å². The molecular weight excluding hydrogens is 328 g/mol. The fourth-order valence-corrected chi connectivity index (χ4v) is 7.00. The van der Waals surface area contributed by atoms with E-state index >= 15 is 0 Å². The van der Waals surface area contributed by atoms with E-state index in [-0.39, 0.29) is 11.9 Å². The van der Waals surface area contributed by atoms with Crippen molar-refractivity contribution in [2.24, 2.45) is 23.2 Å². The third-order valence-corrected chi connectivity index (χ3v) is 8.02. The molecule has 23 heavy (non-hydrogen) atoms. The maximum absolute atomic E-state index is 12.3. The van der Waals surface area contributed by atoms with Crippen LogP contribution in [-0.2, 0) is 4.79 Å². The summed E-state index contributed by atoms with van der Waals surface area (Å²) in [5.74, 6) is 3.25. The van der Waals surface area contributed by atoms with Crippen molar-refractivity contribution in [3.8, 4) is 0 Å². The third-order valence-electron chi connectivity index (χ3n) is 6.13. The standard InChI is InChI=1S/C16H24N4OS2/c1-9(18-13(21)8-22-15-20-19-14(17)23-15)16-5-10-2-11(6-16)4-12(3-10)7-16/h9-12H,2-8H2,1H3,(H2,17,19)(H,18,21). The van der Waals surface area contributed by atoms with E-state index in [1.165, 1.54) is 61.6 Å². The molecule has 0 radical (unpaired) electrons. The number of anilines is 1. The quantitative estimate of drug-likeness (QED) is 0.796. The summed E-state index contributed by atoms with van der Waals surface area (Å²) >= 11 is 2.76. The van der Waals surface area contributed by atoms with E-state index in [0.29, 0.717) is 16.3 Å². The zero-order valence-electron chi connectivity index (χ0n) is 13.5. The van der Waals surface area contributed by atoms with Crippen molar-refractivity contribution in [1.82, 2.24) is 15.5 Å². The van der Waals surface area contributed by atoms with Crippen LogP contribution in [0, 0.1) is 23.2 Å². The summed E-state index contributed by atoms with van der Waals surface area (Å²) in [6.07, 6.45) is 8.28. The lowest BCUT2D eigenvalue weighted by atomic mass is 9.48. The summed E-state index contributed by atoms with van der Waals surface area (Å²) in [5.41, 5.74) is 5.93. The van der Waals surface area contributed by atoms with Gasteiger partial charge in [0.25, 0.3) is 0 Å². The molecule has 1 unspecified atom stereocenters. The molecule has 1 aromatic rings. The van der Waals surface area contributed by atoms with Gasteiger partial charge in [0.05, 0.1) is 5.75 Å². The number of rotatable bonds is 5. The first-order chi connectivity index (χ1) is 11.0. The van der Waals surface area contributed by atoms with E-state index in [0.717, 1.165) is 22.1 Å². The number of nitrogens with two attached hydrogens (primary N) is 1. The number of carbonyl (C=O) groups excluding carboxylic acids is 1. The van der Waals surface area contributed by atoms with Gasteiger partial charge < -0.3 is 11.1 Å². The Morgan fingerprint density at radius 3 is 2.43 bits per heavy atom. The number of nitrogen functional groups attached to an aromatic ring is 1. The molecule has 0 aliphatic heterocycles. The van der Waals surface area contributed by atoms with Crippen molar-refractivity contribution in [3.63, 3.8) is 0 Å². The van der Waals surface area contributed by atoms with Crippen molar-refractivity contribution < 1.29 is 4.79 Å². The van der Waals surface area contributed by atoms with Gasteiger partial charge in [-0.3, -0.25) is 4.79 Å². The fraction of sp³-hybridized carbons (Fsp3) is 0.812. The van der Waals surface area contributed by atoms with Gasteiger partial charge in [0.1, 0.15) is 0 Å². The van der Waals surface area contributed by atoms with Crippen LogP contribution in [0.4, 0.5) is 5.13 Å². The van der Waals surface area contributed by atoms with Crippen molar-refractivity contribution in [2.75, 3.05) is 11.5 Å². The minimum Gasteiger partial charge on any atom is -0.374 e. The Balaban J connectivity index is 1.34. The summed E-state index contributed by atoms with van der Waals surface area (Å²) in [6.45, 7) is 2.22. The molecule has 5 rings (SSSR count). The van der Waals surface area contributed by atoms with Crippen LogP contribution in [0.25, 0.3) is 0 Å². The smallest absolute Gasteiger partial charge is 0.230 e. The van der Waals surface area contributed by atoms with Gasteiger partial charge in [-0.05, 0) is 68.6 Å². The summed E-state index contributed by atoms with van der Waals surface area (Å²) in [6, 6.07) is 0.281. The monoisotopic (exact) mass is 352 g/mol. The minimum atomic E-state index is 0.104. The Bertz CT molecular complexity index is 567. The number of carbonyl (C=O) groups is 1. The second kappa shape index (κ2) is 5.92. The normalized spacial score (nSPS) is 36.1. The second-order valence-electron chi connectivity index (χ2n) is 7.76. The molecule has 126 valence electrons. The first-order valence-corrected chi connectivity index (χ1v) is 10.3. The third kappa shape index (κ3) is 3.09. The largest absolute Gasteiger partial charge is 0.374 e. The Morgan fingerprint density at radius 1 is 1.30 bits per heavy atom. The van der Waals surface area contributed by atoms with Crippen LogP contribution in [0.5, 0.6) is 0 Å². The number of aromatic nitrogens is 2. The molecule has 3 N–H and O–H groups in total. The molecule has 0 aromatic carbocycles. The molecule has 4 saturated carbocycles. The van der Waals surface area contributed by atoms with E-state index in [2.05, 4.69) is 22.4 Å². The molecule has 0 saturated heterocycles. The number of nitrogens with zero attached hydrogens (tertiary/aromatic N) is 2. The van der Waals surface area contributed by atoms with Gasteiger partial charge in [-0.2, -0.15) is 0 Å². The predicted molar refractivity (Wildman–Crippen MR) is 93.3 cm³/mol. The van der Waals surface area contributed by atoms with Gasteiger partial charge in [0.15, 0.2) is 4.34 Å². The number of amides is 1. The van der Waals surface area contributed by atoms with Crippen LogP contribution < -0.4 is 11.1 Å². The van der Waals surface area contributed by atoms with Gasteiger partial charge in [-0.25, -0.2) is 0 Å². The summed E-state index contributed by atoms with van der Waals surface area (Å²) in [5, 5.41) is 11.5. The first-order valence-electron chi connectivity index (χ1n) is 8.53. The van der Waals surface area contributed by atoms with Gasteiger partial charge in [-0.15, -0.1) is 10.2 Å². The summed E-state index contributed by atoms with van der Waals surface area (Å²) in [7, 11) is 0. The van der Waals surface area contributed by atoms with Crippen LogP contribution in [-0.4, -0.2) is 27.9 Å². The van der Waals surface area contributed by atoms with Gasteiger partial charge in [0.2, 0.25) is 11.0 Å². The molecule has 5 nitrogen and oxygen atoms in total. The van der Waals surface area contributed by atoms with Crippen LogP contribution >= 0.6 is 23.1 Å². The van der Waals surface area contributed by atoms with Crippen LogP contribution in [0.1, 0.15) is 45.4 Å². The Morgan fingerprint density at radius 2 is 1.91 bits per heavy atom. The van der Waals surface area contributed by atoms with Crippen molar-refractivity contribution in [2.45, 2.75) is 55.8 Å². The van der Waals surface area contributed by atoms with E-state index in [1.807, 2.05) is 0 Å². The molecule has 1 amide bonds. The van der Waals surface area contributed by atoms with Crippen molar-refractivity contribution >= 4 is 34.1 Å². The molecule has 4 aliphatic rings. The minimum absolute atomic E-state index is 0.104. The topological polar surface area (TPSA) is 80.9 Å². The highest BCUT2D eigenvalue weighted by atomic mass is 32.2. The van der Waals surface area contributed by atoms with Crippen LogP contribution in [0.15, 0.2) is 4.34 Å². The number of hydrogen-bond acceptors (Lipinski definition) is 6. The highest BCUT2D eigenvalue weighted by molar-refractivity contribution is 8.01. The average Bonchev–Trinajstić information content (AvgIpc) is 2.89. The Kier molecular flexibility index (Phi) is 4.04. The molecule has 1 aromatic heterocycles. The summed E-state index contributed by atoms with van der Waals surface area (Å²) in [4.78, 5) is 12.3. The molecule has 4 fully saturated rings. The summed E-state index contributed by atoms with van der Waals surface area (Å²) < 4.78 is 0.764. The van der Waals surface area contributed by atoms with E-state index < -0.39 is 0 Å². The number of nitrogens with one attached hydrogen (secondary N) is 1. The molecule has 1 heterocycles. The van der Waals surface area contributed by atoms with E-state index in [9.17, 15) is 4.79 Å². The molecular formula is C16H24N4OS2. The van der Waals surface area contributed by atoms with Gasteiger partial charge >= 0.3 is 0 Å². The molecule has 1 atom stereocenters. The predicted octanol–water partition coefficient (Wildman–Crippen LogP) is 2.93. The Labute approximate surface area is 145 Å². The van der Waals surface area contributed by atoms with Gasteiger partial charge in [0, 0.05) is 6.04 Å². The number of thioether (sulfide) groups is 1. The van der Waals surface area contributed by atoms with Crippen LogP contribution in [0.2, 0.25) is 0 Å². The highest BCUT2D eigenvalue weighted by Gasteiger charge is 2.53. The zero-order valence-corrected chi connectivity index (χ0v) is 15.1. The number of hydrogen-bond donors (Lipinski definition) is 2. The second-order valence-corrected chi connectivity index (χ2v) is 10.00. The van der Waals surface area contributed by atoms with Crippen molar-refractivity contribution in [1.29, 1.82) is 0 Å². The van der Waals surface area contributed by atoms with Crippen molar-refractivity contribution in [3.05, 3.63) is 0 Å². The zero-order chi connectivity index (χ0) is 16.0. The Hall–Kier alpha value is -0.820. The van der Waals surface area contributed by atoms with Gasteiger partial charge in [-0.1, -0.05) is 23.1 Å². The molecule has 7 heteroatoms. The lowest BCUT2D eigenvalue weighted by Gasteiger charge is -2.59. The van der Waals surface area contributed by atoms with E-state index in [4.69, 9.17) is 5.73 Å². The van der Waals surface area contributed by atoms with E-state index in [1.54, 1.807) is 0 Å². The first kappa shape index (κ1) is 15.7. The maximum atomic E-state index is 12.3. The maximum Gasteiger partial charge on any atom is 0.230 e. The lowest BCUT2D eigenvalue weighted by molar-refractivity contribution is -0.123.